The van der Waals surface area contributed by atoms with Crippen molar-refractivity contribution in [1.29, 1.82) is 0 Å². The number of carboxylic acids is 1. The lowest BCUT2D eigenvalue weighted by molar-refractivity contribution is 0.0688. The van der Waals surface area contributed by atoms with E-state index in [0.29, 0.717) is 24.3 Å². The number of ether oxygens (including phenoxy) is 2. The van der Waals surface area contributed by atoms with Crippen LogP contribution in [-0.4, -0.2) is 41.0 Å². The molecule has 1 unspecified atom stereocenters. The first-order valence-corrected chi connectivity index (χ1v) is 10.8. The molecule has 0 radical (unpaired) electrons. The molecule has 7 nitrogen and oxygen atoms in total. The Morgan fingerprint density at radius 2 is 2.00 bits per heavy atom. The summed E-state index contributed by atoms with van der Waals surface area (Å²) in [7, 11) is 0. The van der Waals surface area contributed by atoms with Gasteiger partial charge in [-0.2, -0.15) is 0 Å². The van der Waals surface area contributed by atoms with Crippen LogP contribution in [0.25, 0.3) is 11.3 Å². The Morgan fingerprint density at radius 3 is 2.61 bits per heavy atom. The molecule has 1 aliphatic rings. The fourth-order valence-electron chi connectivity index (χ4n) is 4.17. The molecule has 7 heteroatoms. The van der Waals surface area contributed by atoms with Gasteiger partial charge in [-0.1, -0.05) is 27.2 Å². The first-order valence-electron chi connectivity index (χ1n) is 10.8. The van der Waals surface area contributed by atoms with Crippen LogP contribution in [0.3, 0.4) is 0 Å². The third-order valence-electron chi connectivity index (χ3n) is 5.80. The number of carbonyl (C=O) groups is 1. The van der Waals surface area contributed by atoms with Gasteiger partial charge in [0, 0.05) is 11.1 Å². The molecule has 31 heavy (non-hydrogen) atoms. The Labute approximate surface area is 182 Å². The number of aryl methyl sites for hydroxylation is 1. The van der Waals surface area contributed by atoms with Crippen LogP contribution in [0.5, 0.6) is 11.5 Å². The van der Waals surface area contributed by atoms with Crippen LogP contribution in [0.4, 0.5) is 0 Å². The number of unbranched alkanes of at least 4 members (excludes halogenated alkanes) is 1. The molecule has 1 aromatic heterocycles. The van der Waals surface area contributed by atoms with Gasteiger partial charge < -0.3 is 24.7 Å². The van der Waals surface area contributed by atoms with E-state index in [-0.39, 0.29) is 30.8 Å². The van der Waals surface area contributed by atoms with Crippen molar-refractivity contribution >= 4 is 5.97 Å². The number of aromatic amines is 1. The Morgan fingerprint density at radius 1 is 1.26 bits per heavy atom. The summed E-state index contributed by atoms with van der Waals surface area (Å²) in [6, 6.07) is 4.02. The predicted octanol–water partition coefficient (Wildman–Crippen LogP) is 3.89. The third kappa shape index (κ3) is 4.46. The van der Waals surface area contributed by atoms with E-state index in [2.05, 4.69) is 25.8 Å². The van der Waals surface area contributed by atoms with E-state index < -0.39 is 17.1 Å². The highest BCUT2D eigenvalue weighted by molar-refractivity contribution is 5.93. The van der Waals surface area contributed by atoms with Crippen molar-refractivity contribution in [2.75, 3.05) is 19.8 Å². The summed E-state index contributed by atoms with van der Waals surface area (Å²) in [4.78, 5) is 27.4. The van der Waals surface area contributed by atoms with Gasteiger partial charge >= 0.3 is 5.97 Å². The van der Waals surface area contributed by atoms with Gasteiger partial charge in [0.1, 0.15) is 18.1 Å². The van der Waals surface area contributed by atoms with Crippen molar-refractivity contribution in [3.63, 3.8) is 0 Å². The second kappa shape index (κ2) is 9.56. The third-order valence-corrected chi connectivity index (χ3v) is 5.80. The molecule has 1 heterocycles. The maximum Gasteiger partial charge on any atom is 0.345 e. The molecule has 0 saturated carbocycles. The molecule has 0 aliphatic heterocycles. The van der Waals surface area contributed by atoms with E-state index in [1.165, 1.54) is 0 Å². The summed E-state index contributed by atoms with van der Waals surface area (Å²) in [5.74, 6) is -0.342. The second-order valence-electron chi connectivity index (χ2n) is 8.36. The van der Waals surface area contributed by atoms with Crippen molar-refractivity contribution in [1.82, 2.24) is 4.98 Å². The van der Waals surface area contributed by atoms with E-state index in [0.717, 1.165) is 35.3 Å². The minimum absolute atomic E-state index is 0.0580. The van der Waals surface area contributed by atoms with Crippen molar-refractivity contribution in [3.8, 4) is 22.8 Å². The number of H-pyrrole nitrogens is 1. The highest BCUT2D eigenvalue weighted by atomic mass is 16.5. The van der Waals surface area contributed by atoms with E-state index in [9.17, 15) is 19.8 Å². The summed E-state index contributed by atoms with van der Waals surface area (Å²) in [6.07, 6.45) is 2.70. The Balaban J connectivity index is 2.24. The smallest absolute Gasteiger partial charge is 0.345 e. The highest BCUT2D eigenvalue weighted by Crippen LogP contribution is 2.47. The van der Waals surface area contributed by atoms with E-state index >= 15 is 0 Å². The number of aromatic carboxylic acids is 1. The molecule has 1 aromatic carbocycles. The maximum atomic E-state index is 12.7. The zero-order valence-electron chi connectivity index (χ0n) is 18.6. The lowest BCUT2D eigenvalue weighted by Crippen LogP contribution is -2.27. The summed E-state index contributed by atoms with van der Waals surface area (Å²) < 4.78 is 11.6. The molecule has 3 rings (SSSR count). The zero-order chi connectivity index (χ0) is 22.7. The number of aliphatic hydroxyl groups is 1. The molecule has 0 spiro atoms. The topological polar surface area (TPSA) is 109 Å². The standard InChI is InChI=1S/C24H31NO6/c1-5-6-8-30-18-12-15-11-16(13(2)3)19-21(17(15)10-14(18)4)25-23(27)20(24(28)29)22(19)31-9-7-26/h10,12-13,16,26H,5-9,11H2,1-4H3,(H,25,27)(H,28,29). The first kappa shape index (κ1) is 22.9. The van der Waals surface area contributed by atoms with Crippen LogP contribution in [-0.2, 0) is 6.42 Å². The lowest BCUT2D eigenvalue weighted by Gasteiger charge is -2.32. The van der Waals surface area contributed by atoms with Crippen LogP contribution < -0.4 is 15.0 Å². The quantitative estimate of drug-likeness (QED) is 0.522. The fourth-order valence-corrected chi connectivity index (χ4v) is 4.17. The minimum Gasteiger partial charge on any atom is -0.493 e. The fraction of sp³-hybridized carbons (Fsp3) is 0.500. The number of aliphatic hydroxyl groups excluding tert-OH is 1. The number of fused-ring (bicyclic) bond motifs is 3. The summed E-state index contributed by atoms with van der Waals surface area (Å²) in [5.41, 5.74) is 3.00. The molecule has 0 saturated heterocycles. The van der Waals surface area contributed by atoms with Gasteiger partial charge in [-0.05, 0) is 54.9 Å². The van der Waals surface area contributed by atoms with Crippen LogP contribution in [0, 0.1) is 12.8 Å². The van der Waals surface area contributed by atoms with Crippen LogP contribution in [0.1, 0.15) is 66.6 Å². The average molecular weight is 430 g/mol. The van der Waals surface area contributed by atoms with Gasteiger partial charge in [0.25, 0.3) is 5.56 Å². The van der Waals surface area contributed by atoms with Gasteiger partial charge in [0.15, 0.2) is 5.56 Å². The molecule has 0 fully saturated rings. The van der Waals surface area contributed by atoms with Crippen molar-refractivity contribution in [3.05, 3.63) is 44.7 Å². The van der Waals surface area contributed by atoms with Gasteiger partial charge in [0.2, 0.25) is 0 Å². The van der Waals surface area contributed by atoms with Crippen molar-refractivity contribution in [2.24, 2.45) is 5.92 Å². The second-order valence-corrected chi connectivity index (χ2v) is 8.36. The van der Waals surface area contributed by atoms with Crippen molar-refractivity contribution < 1.29 is 24.5 Å². The number of carboxylic acid groups (broad SMARTS) is 1. The van der Waals surface area contributed by atoms with Gasteiger partial charge in [0.05, 0.1) is 18.9 Å². The lowest BCUT2D eigenvalue weighted by atomic mass is 9.74. The normalized spacial score (nSPS) is 14.8. The van der Waals surface area contributed by atoms with Gasteiger partial charge in [-0.3, -0.25) is 4.79 Å². The number of nitrogens with one attached hydrogen (secondary N) is 1. The molecular weight excluding hydrogens is 398 g/mol. The highest BCUT2D eigenvalue weighted by Gasteiger charge is 2.35. The summed E-state index contributed by atoms with van der Waals surface area (Å²) in [5, 5.41) is 18.9. The number of pyridine rings is 1. The van der Waals surface area contributed by atoms with Gasteiger partial charge in [-0.15, -0.1) is 0 Å². The number of aromatic nitrogens is 1. The number of benzene rings is 1. The number of hydrogen-bond donors (Lipinski definition) is 3. The number of hydrogen-bond acceptors (Lipinski definition) is 5. The monoisotopic (exact) mass is 429 g/mol. The minimum atomic E-state index is -1.35. The molecule has 168 valence electrons. The number of rotatable bonds is 9. The summed E-state index contributed by atoms with van der Waals surface area (Å²) in [6.45, 7) is 8.49. The molecule has 0 bridgehead atoms. The Hall–Kier alpha value is -2.80. The predicted molar refractivity (Wildman–Crippen MR) is 118 cm³/mol. The zero-order valence-corrected chi connectivity index (χ0v) is 18.6. The molecule has 2 aromatic rings. The van der Waals surface area contributed by atoms with Crippen LogP contribution in [0.2, 0.25) is 0 Å². The van der Waals surface area contributed by atoms with Gasteiger partial charge in [-0.25, -0.2) is 4.79 Å². The van der Waals surface area contributed by atoms with E-state index in [4.69, 9.17) is 9.47 Å². The molecule has 0 amide bonds. The molecule has 1 atom stereocenters. The Kier molecular flexibility index (Phi) is 7.05. The summed E-state index contributed by atoms with van der Waals surface area (Å²) >= 11 is 0. The Bertz CT molecular complexity index is 1020. The molecule has 3 N–H and O–H groups in total. The van der Waals surface area contributed by atoms with E-state index in [1.807, 2.05) is 19.1 Å². The van der Waals surface area contributed by atoms with Crippen molar-refractivity contribution in [2.45, 2.75) is 52.9 Å². The molecule has 1 aliphatic carbocycles. The maximum absolute atomic E-state index is 12.7. The van der Waals surface area contributed by atoms with Crippen LogP contribution >= 0.6 is 0 Å². The molecular formula is C24H31NO6. The average Bonchev–Trinajstić information content (AvgIpc) is 2.71. The van der Waals surface area contributed by atoms with Crippen LogP contribution in [0.15, 0.2) is 16.9 Å². The first-order chi connectivity index (χ1) is 14.8. The largest absolute Gasteiger partial charge is 0.493 e. The SMILES string of the molecule is CCCCOc1cc2c(cc1C)-c1[nH]c(=O)c(C(=O)O)c(OCCO)c1C(C(C)C)C2. The van der Waals surface area contributed by atoms with E-state index in [1.54, 1.807) is 0 Å².